The summed E-state index contributed by atoms with van der Waals surface area (Å²) in [6.07, 6.45) is -9.52. The Labute approximate surface area is 188 Å². The smallest absolute Gasteiger partial charge is 0.350 e. The van der Waals surface area contributed by atoms with Crippen LogP contribution in [0, 0.1) is 0 Å². The molecule has 0 aliphatic carbocycles. The van der Waals surface area contributed by atoms with Crippen LogP contribution in [-0.4, -0.2) is 58.9 Å². The number of halogens is 8. The van der Waals surface area contributed by atoms with Gasteiger partial charge in [-0.25, -0.2) is 19.2 Å². The van der Waals surface area contributed by atoms with Gasteiger partial charge in [0.1, 0.15) is 0 Å². The summed E-state index contributed by atoms with van der Waals surface area (Å²) in [5.74, 6) is 0.450. The van der Waals surface area contributed by atoms with Crippen LogP contribution < -0.4 is 10.2 Å². The number of amides is 2. The van der Waals surface area contributed by atoms with Crippen molar-refractivity contribution in [2.75, 3.05) is 29.9 Å². The van der Waals surface area contributed by atoms with Crippen molar-refractivity contribution in [1.82, 2.24) is 14.9 Å². The molecule has 0 unspecified atom stereocenters. The Hall–Kier alpha value is -2.83. The number of rotatable bonds is 3. The minimum atomic E-state index is -6.21. The number of nitrogens with zero attached hydrogens (tertiary/aromatic N) is 4. The normalized spacial score (nSPS) is 17.8. The monoisotopic (exact) mass is 499 g/mol. The first-order chi connectivity index (χ1) is 15.3. The van der Waals surface area contributed by atoms with Crippen molar-refractivity contribution in [2.24, 2.45) is 0 Å². The first-order valence-electron chi connectivity index (χ1n) is 9.47. The quantitative estimate of drug-likeness (QED) is 0.593. The highest BCUT2D eigenvalue weighted by Gasteiger charge is 2.73. The zero-order valence-electron chi connectivity index (χ0n) is 16.9. The first kappa shape index (κ1) is 24.8. The van der Waals surface area contributed by atoms with Gasteiger partial charge in [0.05, 0.1) is 0 Å². The number of aromatic nitrogens is 2. The third-order valence-corrected chi connectivity index (χ3v) is 5.41. The minimum absolute atomic E-state index is 0.0953. The third-order valence-electron chi connectivity index (χ3n) is 5.14. The summed E-state index contributed by atoms with van der Waals surface area (Å²) >= 11 is 6.04. The predicted octanol–water partition coefficient (Wildman–Crippen LogP) is 5.16. The molecule has 1 aromatic heterocycles. The number of piperazine rings is 1. The number of nitrogens with one attached hydrogen (secondary N) is 1. The van der Waals surface area contributed by atoms with Crippen LogP contribution in [0.25, 0.3) is 0 Å². The second kappa shape index (κ2) is 8.84. The summed E-state index contributed by atoms with van der Waals surface area (Å²) in [5.41, 5.74) is -7.26. The average molecular weight is 500 g/mol. The highest BCUT2D eigenvalue weighted by atomic mass is 35.5. The van der Waals surface area contributed by atoms with E-state index in [2.05, 4.69) is 15.3 Å². The van der Waals surface area contributed by atoms with Crippen molar-refractivity contribution in [2.45, 2.75) is 31.0 Å². The van der Waals surface area contributed by atoms with Crippen LogP contribution in [0.4, 0.5) is 47.0 Å². The molecule has 3 rings (SSSR count). The molecule has 1 aromatic carbocycles. The molecule has 0 bridgehead atoms. The first-order valence-corrected chi connectivity index (χ1v) is 9.85. The Bertz CT molecular complexity index is 985. The predicted molar refractivity (Wildman–Crippen MR) is 106 cm³/mol. The topological polar surface area (TPSA) is 61.4 Å². The van der Waals surface area contributed by atoms with Crippen molar-refractivity contribution < 1.29 is 35.5 Å². The molecule has 1 saturated heterocycles. The van der Waals surface area contributed by atoms with E-state index >= 15 is 0 Å². The molecule has 180 valence electrons. The van der Waals surface area contributed by atoms with Crippen molar-refractivity contribution >= 4 is 29.1 Å². The van der Waals surface area contributed by atoms with Crippen LogP contribution in [0.5, 0.6) is 0 Å². The van der Waals surface area contributed by atoms with Gasteiger partial charge in [-0.1, -0.05) is 23.7 Å². The number of alkyl halides is 7. The maximum absolute atomic E-state index is 14.1. The van der Waals surface area contributed by atoms with Crippen LogP contribution in [0.15, 0.2) is 36.7 Å². The van der Waals surface area contributed by atoms with Gasteiger partial charge in [0, 0.05) is 49.3 Å². The molecule has 0 saturated carbocycles. The van der Waals surface area contributed by atoms with E-state index in [9.17, 15) is 35.5 Å². The SMILES string of the molecule is C[C@@H]1CN(c2nccnc2Cl)CCN1C(=O)Nc1ccc(C(F)(C(F)(F)F)C(F)(F)F)cc1. The number of hydrogen-bond acceptors (Lipinski definition) is 4. The molecule has 1 fully saturated rings. The van der Waals surface area contributed by atoms with Gasteiger partial charge < -0.3 is 15.1 Å². The van der Waals surface area contributed by atoms with E-state index in [1.807, 2.05) is 4.90 Å². The molecule has 1 aliphatic heterocycles. The van der Waals surface area contributed by atoms with Gasteiger partial charge in [0.2, 0.25) is 0 Å². The molecule has 0 radical (unpaired) electrons. The molecule has 14 heteroatoms. The highest BCUT2D eigenvalue weighted by Crippen LogP contribution is 2.53. The Morgan fingerprint density at radius 2 is 1.58 bits per heavy atom. The maximum Gasteiger partial charge on any atom is 0.435 e. The zero-order chi connectivity index (χ0) is 24.6. The molecular formula is C19H17ClF7N5O. The summed E-state index contributed by atoms with van der Waals surface area (Å²) < 4.78 is 91.3. The third kappa shape index (κ3) is 4.77. The summed E-state index contributed by atoms with van der Waals surface area (Å²) in [7, 11) is 0. The van der Waals surface area contributed by atoms with Crippen molar-refractivity contribution in [3.63, 3.8) is 0 Å². The lowest BCUT2D eigenvalue weighted by atomic mass is 9.94. The number of carbonyl (C=O) groups is 1. The lowest BCUT2D eigenvalue weighted by molar-refractivity contribution is -0.348. The number of anilines is 2. The number of urea groups is 1. The van der Waals surface area contributed by atoms with Gasteiger partial charge in [0.25, 0.3) is 0 Å². The maximum atomic E-state index is 14.1. The van der Waals surface area contributed by atoms with Gasteiger partial charge in [-0.05, 0) is 19.1 Å². The Balaban J connectivity index is 1.70. The fourth-order valence-electron chi connectivity index (χ4n) is 3.44. The molecular weight excluding hydrogens is 483 g/mol. The van der Waals surface area contributed by atoms with E-state index in [-0.39, 0.29) is 23.4 Å². The van der Waals surface area contributed by atoms with E-state index < -0.39 is 29.6 Å². The van der Waals surface area contributed by atoms with Crippen LogP contribution in [0.2, 0.25) is 5.15 Å². The molecule has 6 nitrogen and oxygen atoms in total. The van der Waals surface area contributed by atoms with Crippen molar-refractivity contribution in [1.29, 1.82) is 0 Å². The zero-order valence-corrected chi connectivity index (χ0v) is 17.6. The van der Waals surface area contributed by atoms with E-state index in [4.69, 9.17) is 11.6 Å². The van der Waals surface area contributed by atoms with Gasteiger partial charge in [-0.3, -0.25) is 0 Å². The lowest BCUT2D eigenvalue weighted by Crippen LogP contribution is -2.55. The van der Waals surface area contributed by atoms with E-state index in [0.29, 0.717) is 31.0 Å². The Morgan fingerprint density at radius 1 is 1.00 bits per heavy atom. The number of hydrogen-bond donors (Lipinski definition) is 1. The second-order valence-corrected chi connectivity index (χ2v) is 7.68. The van der Waals surface area contributed by atoms with Crippen LogP contribution in [0.1, 0.15) is 12.5 Å². The molecule has 2 heterocycles. The Kier molecular flexibility index (Phi) is 6.65. The lowest BCUT2D eigenvalue weighted by Gasteiger charge is -2.40. The molecule has 2 aromatic rings. The van der Waals surface area contributed by atoms with Crippen molar-refractivity contribution in [3.8, 4) is 0 Å². The number of carbonyl (C=O) groups excluding carboxylic acids is 1. The molecule has 33 heavy (non-hydrogen) atoms. The van der Waals surface area contributed by atoms with Crippen LogP contribution in [0.3, 0.4) is 0 Å². The van der Waals surface area contributed by atoms with E-state index in [0.717, 1.165) is 12.1 Å². The fraction of sp³-hybridized carbons (Fsp3) is 0.421. The standard InChI is InChI=1S/C19H17ClF7N5O/c1-11-10-31(15-14(20)28-6-7-29-15)8-9-32(11)16(33)30-13-4-2-12(3-5-13)17(21,18(22,23)24)19(25,26)27/h2-7,11H,8-10H2,1H3,(H,30,33)/t11-/m1/s1. The molecule has 2 amide bonds. The summed E-state index contributed by atoms with van der Waals surface area (Å²) in [5, 5.41) is 2.59. The molecule has 1 N–H and O–H groups in total. The molecule has 0 spiro atoms. The van der Waals surface area contributed by atoms with Gasteiger partial charge in [-0.2, -0.15) is 26.3 Å². The summed E-state index contributed by atoms with van der Waals surface area (Å²) in [4.78, 5) is 24.0. The number of benzene rings is 1. The van der Waals surface area contributed by atoms with Gasteiger partial charge in [-0.15, -0.1) is 0 Å². The fourth-order valence-corrected chi connectivity index (χ4v) is 3.67. The average Bonchev–Trinajstić information content (AvgIpc) is 2.72. The minimum Gasteiger partial charge on any atom is -0.350 e. The van der Waals surface area contributed by atoms with Crippen LogP contribution in [-0.2, 0) is 5.67 Å². The van der Waals surface area contributed by atoms with Crippen LogP contribution >= 0.6 is 11.6 Å². The van der Waals surface area contributed by atoms with Gasteiger partial charge >= 0.3 is 24.1 Å². The summed E-state index contributed by atoms with van der Waals surface area (Å²) in [6.45, 7) is 2.68. The van der Waals surface area contributed by atoms with E-state index in [1.165, 1.54) is 17.3 Å². The Morgan fingerprint density at radius 3 is 2.09 bits per heavy atom. The second-order valence-electron chi connectivity index (χ2n) is 7.32. The van der Waals surface area contributed by atoms with Gasteiger partial charge in [0.15, 0.2) is 11.0 Å². The molecule has 1 aliphatic rings. The highest BCUT2D eigenvalue weighted by molar-refractivity contribution is 6.31. The largest absolute Gasteiger partial charge is 0.435 e. The molecule has 1 atom stereocenters. The van der Waals surface area contributed by atoms with E-state index in [1.54, 1.807) is 6.92 Å². The van der Waals surface area contributed by atoms with Crippen molar-refractivity contribution in [3.05, 3.63) is 47.4 Å². The summed E-state index contributed by atoms with van der Waals surface area (Å²) in [6, 6.07) is 1.27.